The van der Waals surface area contributed by atoms with Crippen molar-refractivity contribution in [3.05, 3.63) is 34.4 Å². The number of fused-ring (bicyclic) bond motifs is 2. The number of hydrogen-bond acceptors (Lipinski definition) is 8. The van der Waals surface area contributed by atoms with E-state index in [4.69, 9.17) is 0 Å². The van der Waals surface area contributed by atoms with Gasteiger partial charge in [-0.15, -0.1) is 0 Å². The smallest absolute Gasteiger partial charge is 0.0928 e. The van der Waals surface area contributed by atoms with Crippen LogP contribution in [0, 0.1) is 0 Å². The normalized spacial score (nSPS) is 38.4. The number of nitrogens with zero attached hydrogens (tertiary/aromatic N) is 8. The van der Waals surface area contributed by atoms with E-state index in [-0.39, 0.29) is 0 Å². The van der Waals surface area contributed by atoms with Crippen LogP contribution >= 0.6 is 0 Å². The average Bonchev–Trinajstić information content (AvgIpc) is 3.17. The molecule has 1 aromatic rings. The summed E-state index contributed by atoms with van der Waals surface area (Å²) in [6.07, 6.45) is 5.05. The highest BCUT2D eigenvalue weighted by Gasteiger charge is 2.50. The minimum Gasteiger partial charge on any atom is -0.284 e. The van der Waals surface area contributed by atoms with Gasteiger partial charge in [-0.05, 0) is 35.1 Å². The van der Waals surface area contributed by atoms with Crippen molar-refractivity contribution in [1.29, 1.82) is 0 Å². The fourth-order valence-electron chi connectivity index (χ4n) is 9.39. The first kappa shape index (κ1) is 21.8. The topological polar surface area (TPSA) is 25.9 Å². The van der Waals surface area contributed by atoms with E-state index in [1.165, 1.54) is 91.4 Å². The molecule has 0 atom stereocenters. The van der Waals surface area contributed by atoms with Gasteiger partial charge >= 0.3 is 0 Å². The summed E-state index contributed by atoms with van der Waals surface area (Å²) in [6.45, 7) is 19.6. The minimum atomic E-state index is 0.567. The van der Waals surface area contributed by atoms with Crippen molar-refractivity contribution in [1.82, 2.24) is 39.2 Å². The van der Waals surface area contributed by atoms with Crippen LogP contribution < -0.4 is 0 Å². The highest BCUT2D eigenvalue weighted by atomic mass is 15.6. The maximum atomic E-state index is 2.84. The Morgan fingerprint density at radius 1 is 0.333 bits per heavy atom. The van der Waals surface area contributed by atoms with Crippen molar-refractivity contribution in [3.8, 4) is 0 Å². The van der Waals surface area contributed by atoms with E-state index >= 15 is 0 Å². The number of benzene rings is 1. The first-order valence-electron chi connectivity index (χ1n) is 14.9. The van der Waals surface area contributed by atoms with Gasteiger partial charge in [0.1, 0.15) is 0 Å². The van der Waals surface area contributed by atoms with Crippen molar-refractivity contribution in [2.75, 3.05) is 78.5 Å². The van der Waals surface area contributed by atoms with Crippen LogP contribution in [0.15, 0.2) is 12.1 Å². The molecular formula is C28H42N8. The molecule has 0 spiro atoms. The van der Waals surface area contributed by atoms with Crippen LogP contribution in [0.5, 0.6) is 0 Å². The summed E-state index contributed by atoms with van der Waals surface area (Å²) in [4.78, 5) is 22.6. The second-order valence-corrected chi connectivity index (χ2v) is 12.8. The quantitative estimate of drug-likeness (QED) is 0.512. The summed E-state index contributed by atoms with van der Waals surface area (Å²) in [5.74, 6) is 0. The lowest BCUT2D eigenvalue weighted by Gasteiger charge is -2.59. The molecule has 6 fully saturated rings. The van der Waals surface area contributed by atoms with E-state index in [9.17, 15) is 0 Å². The monoisotopic (exact) mass is 490 g/mol. The van der Waals surface area contributed by atoms with Crippen molar-refractivity contribution in [2.24, 2.45) is 0 Å². The van der Waals surface area contributed by atoms with Crippen LogP contribution in [-0.4, -0.2) is 142 Å². The molecule has 6 saturated heterocycles. The summed E-state index contributed by atoms with van der Waals surface area (Å²) in [6, 6.07) is 5.33. The zero-order valence-electron chi connectivity index (χ0n) is 21.8. The third-order valence-electron chi connectivity index (χ3n) is 11.0. The lowest BCUT2D eigenvalue weighted by molar-refractivity contribution is -0.169. The Bertz CT molecular complexity index is 894. The van der Waals surface area contributed by atoms with Crippen LogP contribution in [0.4, 0.5) is 0 Å². The van der Waals surface area contributed by atoms with E-state index in [1.807, 2.05) is 0 Å². The minimum absolute atomic E-state index is 0.567. The lowest BCUT2D eigenvalue weighted by atomic mass is 9.97. The maximum Gasteiger partial charge on any atom is 0.0928 e. The molecule has 0 N–H and O–H groups in total. The highest BCUT2D eigenvalue weighted by Crippen LogP contribution is 2.39. The molecule has 0 aliphatic carbocycles. The molecule has 0 amide bonds. The molecular weight excluding hydrogens is 448 g/mol. The standard InChI is InChI=1S/C28H42N8/c1-3-29-7-11-33-17-21-15-23-19-35-13-9-31-5-2-6-32-10-14-36(28(35)26(31)32)20-24(23)16-22(21)18-34-12-8-30(4-1)25(29)27(33)34/h15-16,25-28H,1-14,17-20H2. The van der Waals surface area contributed by atoms with E-state index in [2.05, 4.69) is 51.3 Å². The molecule has 8 aliphatic rings. The van der Waals surface area contributed by atoms with Gasteiger partial charge < -0.3 is 0 Å². The predicted molar refractivity (Wildman–Crippen MR) is 139 cm³/mol. The second-order valence-electron chi connectivity index (χ2n) is 12.8. The van der Waals surface area contributed by atoms with E-state index in [1.54, 1.807) is 22.3 Å². The van der Waals surface area contributed by atoms with Crippen molar-refractivity contribution >= 4 is 0 Å². The third kappa shape index (κ3) is 3.16. The van der Waals surface area contributed by atoms with Gasteiger partial charge in [0.05, 0.1) is 24.7 Å². The maximum absolute atomic E-state index is 2.84. The van der Waals surface area contributed by atoms with Crippen LogP contribution in [-0.2, 0) is 26.2 Å². The zero-order chi connectivity index (χ0) is 23.4. The fourth-order valence-corrected chi connectivity index (χ4v) is 9.39. The first-order chi connectivity index (χ1) is 17.8. The molecule has 36 heavy (non-hydrogen) atoms. The van der Waals surface area contributed by atoms with E-state index < -0.39 is 0 Å². The van der Waals surface area contributed by atoms with Crippen molar-refractivity contribution < 1.29 is 0 Å². The lowest BCUT2D eigenvalue weighted by Crippen LogP contribution is -2.75. The first-order valence-corrected chi connectivity index (χ1v) is 14.9. The van der Waals surface area contributed by atoms with Crippen LogP contribution in [0.2, 0.25) is 0 Å². The third-order valence-corrected chi connectivity index (χ3v) is 11.0. The molecule has 0 unspecified atom stereocenters. The van der Waals surface area contributed by atoms with Gasteiger partial charge in [0.15, 0.2) is 0 Å². The summed E-state index contributed by atoms with van der Waals surface area (Å²) < 4.78 is 0. The summed E-state index contributed by atoms with van der Waals surface area (Å²) in [7, 11) is 0. The molecule has 0 saturated carbocycles. The van der Waals surface area contributed by atoms with E-state index in [0.717, 1.165) is 26.2 Å². The molecule has 8 heteroatoms. The summed E-state index contributed by atoms with van der Waals surface area (Å²) in [5, 5.41) is 0. The second kappa shape index (κ2) is 8.20. The van der Waals surface area contributed by atoms with Gasteiger partial charge in [0, 0.05) is 105 Å². The molecule has 8 heterocycles. The van der Waals surface area contributed by atoms with Gasteiger partial charge in [-0.2, -0.15) is 0 Å². The van der Waals surface area contributed by atoms with Crippen molar-refractivity contribution in [3.63, 3.8) is 0 Å². The van der Waals surface area contributed by atoms with Gasteiger partial charge in [-0.1, -0.05) is 12.1 Å². The number of hydrogen-bond donors (Lipinski definition) is 0. The molecule has 194 valence electrons. The SMILES string of the molecule is c1c2c(cc3c1CN1CCN4CCCN5CCN(C3)C1C45)CN1CCN3CCCN4CCN(C2)C1C43. The molecule has 8 aliphatic heterocycles. The summed E-state index contributed by atoms with van der Waals surface area (Å²) >= 11 is 0. The molecule has 1 aromatic carbocycles. The van der Waals surface area contributed by atoms with Crippen LogP contribution in [0.1, 0.15) is 35.1 Å². The Morgan fingerprint density at radius 2 is 0.583 bits per heavy atom. The Kier molecular flexibility index (Phi) is 4.96. The Labute approximate surface area is 215 Å². The van der Waals surface area contributed by atoms with Gasteiger partial charge in [0.25, 0.3) is 0 Å². The predicted octanol–water partition coefficient (Wildman–Crippen LogP) is 0.296. The van der Waals surface area contributed by atoms with Crippen LogP contribution in [0.3, 0.4) is 0 Å². The molecule has 0 radical (unpaired) electrons. The zero-order valence-corrected chi connectivity index (χ0v) is 21.8. The Balaban J connectivity index is 1.06. The summed E-state index contributed by atoms with van der Waals surface area (Å²) in [5.41, 5.74) is 6.49. The fraction of sp³-hybridized carbons (Fsp3) is 0.786. The molecule has 0 bridgehead atoms. The van der Waals surface area contributed by atoms with Gasteiger partial charge in [-0.25, -0.2) is 0 Å². The largest absolute Gasteiger partial charge is 0.284 e. The Hall–Kier alpha value is -1.10. The average molecular weight is 491 g/mol. The number of rotatable bonds is 0. The Morgan fingerprint density at radius 3 is 0.889 bits per heavy atom. The number of piperazine rings is 4. The molecule has 0 aromatic heterocycles. The van der Waals surface area contributed by atoms with Gasteiger partial charge in [-0.3, -0.25) is 39.2 Å². The van der Waals surface area contributed by atoms with E-state index in [0.29, 0.717) is 24.7 Å². The highest BCUT2D eigenvalue weighted by molar-refractivity contribution is 5.40. The molecule has 9 rings (SSSR count). The molecule has 8 nitrogen and oxygen atoms in total. The van der Waals surface area contributed by atoms with Gasteiger partial charge in [0.2, 0.25) is 0 Å². The van der Waals surface area contributed by atoms with Crippen LogP contribution in [0.25, 0.3) is 0 Å². The van der Waals surface area contributed by atoms with Crippen molar-refractivity contribution in [2.45, 2.75) is 63.7 Å².